The summed E-state index contributed by atoms with van der Waals surface area (Å²) >= 11 is 0. The second kappa shape index (κ2) is 10.8. The third-order valence-electron chi connectivity index (χ3n) is 17.8. The zero-order valence-electron chi connectivity index (χ0n) is 31.0. The number of fused-ring (bicyclic) bond motifs is 7. The molecule has 6 aliphatic carbocycles. The van der Waals surface area contributed by atoms with Crippen LogP contribution in [-0.2, 0) is 9.59 Å². The predicted molar refractivity (Wildman–Crippen MR) is 188 cm³/mol. The monoisotopic (exact) mass is 633 g/mol. The zero-order valence-corrected chi connectivity index (χ0v) is 31.0. The van der Waals surface area contributed by atoms with Gasteiger partial charge in [0.15, 0.2) is 0 Å². The first-order valence-corrected chi connectivity index (χ1v) is 19.8. The average Bonchev–Trinajstić information content (AvgIpc) is 3.40. The molecular weight excluding hydrogens is 564 g/mol. The minimum absolute atomic E-state index is 0.0297. The number of likely N-dealkylation sites (tertiary alicyclic amines) is 1. The molecule has 7 aliphatic rings. The van der Waals surface area contributed by atoms with Crippen molar-refractivity contribution in [1.82, 2.24) is 10.2 Å². The van der Waals surface area contributed by atoms with E-state index in [-0.39, 0.29) is 28.2 Å². The van der Waals surface area contributed by atoms with Gasteiger partial charge in [-0.05, 0) is 153 Å². The molecule has 0 unspecified atom stereocenters. The number of allylic oxidation sites excluding steroid dienone is 1. The van der Waals surface area contributed by atoms with E-state index in [0.717, 1.165) is 63.5 Å². The van der Waals surface area contributed by atoms with Gasteiger partial charge in [-0.2, -0.15) is 0 Å². The number of carbonyl (C=O) groups is 2. The Hall–Kier alpha value is -1.32. The number of hydrogen-bond donors (Lipinski definition) is 1. The van der Waals surface area contributed by atoms with Crippen LogP contribution in [0.15, 0.2) is 12.2 Å². The van der Waals surface area contributed by atoms with Crippen LogP contribution < -0.4 is 5.32 Å². The summed E-state index contributed by atoms with van der Waals surface area (Å²) in [6.07, 6.45) is 18.2. The summed E-state index contributed by atoms with van der Waals surface area (Å²) in [5.74, 6) is 3.73. The maximum atomic E-state index is 14.9. The number of amides is 2. The smallest absolute Gasteiger partial charge is 0.226 e. The number of nitrogens with zero attached hydrogens (tertiary/aromatic N) is 1. The molecule has 0 spiro atoms. The van der Waals surface area contributed by atoms with Crippen molar-refractivity contribution in [3.8, 4) is 0 Å². The Morgan fingerprint density at radius 3 is 2.13 bits per heavy atom. The molecule has 2 amide bonds. The summed E-state index contributed by atoms with van der Waals surface area (Å²) in [6, 6.07) is 0.0871. The van der Waals surface area contributed by atoms with Gasteiger partial charge in [0.05, 0.1) is 5.41 Å². The largest absolute Gasteiger partial charge is 0.352 e. The van der Waals surface area contributed by atoms with Gasteiger partial charge in [0.2, 0.25) is 11.8 Å². The maximum absolute atomic E-state index is 14.9. The summed E-state index contributed by atoms with van der Waals surface area (Å²) in [4.78, 5) is 30.5. The molecule has 1 aliphatic heterocycles. The Morgan fingerprint density at radius 2 is 1.46 bits per heavy atom. The molecule has 1 heterocycles. The molecule has 46 heavy (non-hydrogen) atoms. The van der Waals surface area contributed by atoms with Crippen molar-refractivity contribution in [3.05, 3.63) is 12.2 Å². The highest BCUT2D eigenvalue weighted by Gasteiger charge is 2.71. The van der Waals surface area contributed by atoms with Gasteiger partial charge in [-0.25, -0.2) is 0 Å². The van der Waals surface area contributed by atoms with Crippen LogP contribution in [-0.4, -0.2) is 35.8 Å². The van der Waals surface area contributed by atoms with Gasteiger partial charge in [0, 0.05) is 25.0 Å². The van der Waals surface area contributed by atoms with Crippen molar-refractivity contribution in [3.63, 3.8) is 0 Å². The SMILES string of the molecule is C=C(C)[C@@H]1CC[C@]2(C(=O)N[C@H]3C[C@@H](C(=O)N4CCCCC4)C3(C)C)CC[C@]3(C)[C@H](CC[C@@H]4[C@]5(C)CCCC(C)(C)[C@H]5CC[C@]43C)[C@@H]12. The second-order valence-electron chi connectivity index (χ2n) is 20.2. The zero-order chi connectivity index (χ0) is 33.1. The fraction of sp³-hybridized carbons (Fsp3) is 0.905. The molecule has 258 valence electrons. The standard InChI is InChI=1S/C42H68N2O2/c1-27(2)28-16-21-42(36(46)43-33-26-30(38(33,5)6)35(45)44-24-11-10-12-25-44)23-22-40(8)29(34(28)42)14-15-32-39(7)19-13-18-37(3,4)31(39)17-20-41(32,40)9/h28-34H,1,10-26H2,2-9H3,(H,43,46)/t28-,29+,30-,31+,32+,33-,34+,39+,40+,41+,42-/m0/s1. The fourth-order valence-corrected chi connectivity index (χ4v) is 14.9. The molecule has 6 saturated carbocycles. The normalized spacial score (nSPS) is 49.0. The van der Waals surface area contributed by atoms with Crippen LogP contribution in [0.1, 0.15) is 152 Å². The van der Waals surface area contributed by atoms with Gasteiger partial charge in [0.1, 0.15) is 0 Å². The highest BCUT2D eigenvalue weighted by Crippen LogP contribution is 2.77. The molecule has 0 radical (unpaired) electrons. The Bertz CT molecular complexity index is 1260. The number of nitrogens with one attached hydrogen (secondary N) is 1. The Labute approximate surface area is 282 Å². The average molecular weight is 633 g/mol. The summed E-state index contributed by atoms with van der Waals surface area (Å²) < 4.78 is 0. The van der Waals surface area contributed by atoms with Crippen LogP contribution in [0, 0.1) is 68.0 Å². The molecule has 0 aromatic rings. The van der Waals surface area contributed by atoms with Crippen molar-refractivity contribution in [1.29, 1.82) is 0 Å². The van der Waals surface area contributed by atoms with E-state index in [0.29, 0.717) is 45.8 Å². The number of hydrogen-bond acceptors (Lipinski definition) is 2. The fourth-order valence-electron chi connectivity index (χ4n) is 14.9. The summed E-state index contributed by atoms with van der Waals surface area (Å²) in [6.45, 7) is 26.4. The Morgan fingerprint density at radius 1 is 0.739 bits per heavy atom. The van der Waals surface area contributed by atoms with Crippen molar-refractivity contribution < 1.29 is 9.59 Å². The second-order valence-corrected chi connectivity index (χ2v) is 20.2. The third-order valence-corrected chi connectivity index (χ3v) is 17.8. The summed E-state index contributed by atoms with van der Waals surface area (Å²) in [5, 5.41) is 3.67. The van der Waals surface area contributed by atoms with Crippen molar-refractivity contribution >= 4 is 11.8 Å². The molecule has 4 nitrogen and oxygen atoms in total. The van der Waals surface area contributed by atoms with E-state index in [9.17, 15) is 9.59 Å². The molecule has 0 aromatic carbocycles. The third kappa shape index (κ3) is 4.41. The molecule has 7 rings (SSSR count). The number of piperidine rings is 1. The van der Waals surface area contributed by atoms with Crippen LogP contribution in [0.3, 0.4) is 0 Å². The Kier molecular flexibility index (Phi) is 7.82. The van der Waals surface area contributed by atoms with Crippen LogP contribution in [0.4, 0.5) is 0 Å². The number of rotatable bonds is 4. The lowest BCUT2D eigenvalue weighted by Gasteiger charge is -2.72. The van der Waals surface area contributed by atoms with E-state index >= 15 is 0 Å². The van der Waals surface area contributed by atoms with E-state index in [1.165, 1.54) is 63.4 Å². The van der Waals surface area contributed by atoms with Crippen molar-refractivity contribution in [2.45, 2.75) is 158 Å². The highest BCUT2D eigenvalue weighted by molar-refractivity contribution is 5.86. The van der Waals surface area contributed by atoms with Gasteiger partial charge in [0.25, 0.3) is 0 Å². The molecule has 1 saturated heterocycles. The summed E-state index contributed by atoms with van der Waals surface area (Å²) in [7, 11) is 0. The molecule has 4 heteroatoms. The first kappa shape index (κ1) is 33.2. The van der Waals surface area contributed by atoms with Crippen LogP contribution >= 0.6 is 0 Å². The molecule has 0 aromatic heterocycles. The quantitative estimate of drug-likeness (QED) is 0.314. The molecule has 11 atom stereocenters. The first-order chi connectivity index (χ1) is 21.5. The van der Waals surface area contributed by atoms with Crippen molar-refractivity contribution in [2.75, 3.05) is 13.1 Å². The van der Waals surface area contributed by atoms with Crippen molar-refractivity contribution in [2.24, 2.45) is 68.0 Å². The van der Waals surface area contributed by atoms with E-state index in [2.05, 4.69) is 72.2 Å². The Balaban J connectivity index is 1.15. The van der Waals surface area contributed by atoms with Gasteiger partial charge >= 0.3 is 0 Å². The van der Waals surface area contributed by atoms with Gasteiger partial charge in [-0.15, -0.1) is 0 Å². The molecule has 7 fully saturated rings. The van der Waals surface area contributed by atoms with Gasteiger partial charge in [-0.1, -0.05) is 67.0 Å². The van der Waals surface area contributed by atoms with Crippen LogP contribution in [0.25, 0.3) is 0 Å². The van der Waals surface area contributed by atoms with E-state index in [4.69, 9.17) is 0 Å². The molecule has 0 bridgehead atoms. The number of carbonyl (C=O) groups excluding carboxylic acids is 2. The summed E-state index contributed by atoms with van der Waals surface area (Å²) in [5.41, 5.74) is 2.31. The minimum Gasteiger partial charge on any atom is -0.352 e. The van der Waals surface area contributed by atoms with Gasteiger partial charge in [-0.3, -0.25) is 9.59 Å². The lowest BCUT2D eigenvalue weighted by Crippen LogP contribution is -2.68. The lowest BCUT2D eigenvalue weighted by atomic mass is 9.32. The first-order valence-electron chi connectivity index (χ1n) is 19.8. The van der Waals surface area contributed by atoms with Crippen LogP contribution in [0.5, 0.6) is 0 Å². The minimum atomic E-state index is -0.289. The van der Waals surface area contributed by atoms with E-state index in [1.54, 1.807) is 0 Å². The van der Waals surface area contributed by atoms with E-state index in [1.807, 2.05) is 0 Å². The van der Waals surface area contributed by atoms with Crippen LogP contribution in [0.2, 0.25) is 0 Å². The molecule has 1 N–H and O–H groups in total. The van der Waals surface area contributed by atoms with Gasteiger partial charge < -0.3 is 10.2 Å². The maximum Gasteiger partial charge on any atom is 0.226 e. The van der Waals surface area contributed by atoms with E-state index < -0.39 is 0 Å². The topological polar surface area (TPSA) is 49.4 Å². The highest BCUT2D eigenvalue weighted by atomic mass is 16.2. The predicted octanol–water partition coefficient (Wildman–Crippen LogP) is 9.58. The molecular formula is C42H68N2O2. The lowest BCUT2D eigenvalue weighted by molar-refractivity contribution is -0.235.